The molecule has 178 valence electrons. The average Bonchev–Trinajstić information content (AvgIpc) is 3.55. The van der Waals surface area contributed by atoms with Gasteiger partial charge in [-0.05, 0) is 55.3 Å². The van der Waals surface area contributed by atoms with Crippen LogP contribution in [0.25, 0.3) is 11.4 Å². The first-order valence-electron chi connectivity index (χ1n) is 11.5. The first-order valence-corrected chi connectivity index (χ1v) is 11.5. The monoisotopic (exact) mass is 471 g/mol. The number of aromatic nitrogens is 2. The van der Waals surface area contributed by atoms with Crippen LogP contribution < -0.4 is 4.74 Å². The number of pyridine rings is 1. The van der Waals surface area contributed by atoms with Crippen LogP contribution in [0.2, 0.25) is 0 Å². The minimum atomic E-state index is -0.834. The lowest BCUT2D eigenvalue weighted by atomic mass is 9.96. The third-order valence-corrected chi connectivity index (χ3v) is 6.02. The number of hydrogen-bond donors (Lipinski definition) is 1. The summed E-state index contributed by atoms with van der Waals surface area (Å²) in [5.74, 6) is -0.588. The van der Waals surface area contributed by atoms with E-state index < -0.39 is 17.7 Å². The quantitative estimate of drug-likeness (QED) is 0.239. The maximum absolute atomic E-state index is 13.4. The van der Waals surface area contributed by atoms with Crippen molar-refractivity contribution in [3.05, 3.63) is 95.3 Å². The zero-order chi connectivity index (χ0) is 24.5. The van der Waals surface area contributed by atoms with Crippen molar-refractivity contribution in [3.63, 3.8) is 0 Å². The molecule has 1 aliphatic heterocycles. The Labute approximate surface area is 202 Å². The number of rotatable bonds is 7. The van der Waals surface area contributed by atoms with Crippen LogP contribution in [0.4, 0.5) is 0 Å². The fourth-order valence-electron chi connectivity index (χ4n) is 4.48. The number of ether oxygens (including phenoxy) is 1. The zero-order valence-electron chi connectivity index (χ0n) is 19.5. The SMILES string of the molecule is CCCOc1cccc(C2C(=C(O)c3c(C)nc4ccccn34)C(=O)C(=O)N2Cc2ccco2)c1. The summed E-state index contributed by atoms with van der Waals surface area (Å²) >= 11 is 0. The summed E-state index contributed by atoms with van der Waals surface area (Å²) in [5.41, 5.74) is 2.20. The van der Waals surface area contributed by atoms with E-state index in [4.69, 9.17) is 9.15 Å². The fourth-order valence-corrected chi connectivity index (χ4v) is 4.48. The largest absolute Gasteiger partial charge is 0.505 e. The van der Waals surface area contributed by atoms with E-state index in [0.29, 0.717) is 40.7 Å². The summed E-state index contributed by atoms with van der Waals surface area (Å²) in [5, 5.41) is 11.5. The molecule has 4 aromatic rings. The normalized spacial score (nSPS) is 17.4. The molecule has 1 unspecified atom stereocenters. The highest BCUT2D eigenvalue weighted by atomic mass is 16.5. The number of benzene rings is 1. The van der Waals surface area contributed by atoms with Gasteiger partial charge >= 0.3 is 0 Å². The number of carbonyl (C=O) groups is 2. The van der Waals surface area contributed by atoms with E-state index in [9.17, 15) is 14.7 Å². The van der Waals surface area contributed by atoms with Crippen LogP contribution in [0.1, 0.15) is 42.1 Å². The summed E-state index contributed by atoms with van der Waals surface area (Å²) in [4.78, 5) is 32.5. The van der Waals surface area contributed by atoms with Crippen LogP contribution in [0.15, 0.2) is 77.0 Å². The van der Waals surface area contributed by atoms with Crippen LogP contribution in [-0.4, -0.2) is 37.7 Å². The Morgan fingerprint density at radius 2 is 2.00 bits per heavy atom. The summed E-state index contributed by atoms with van der Waals surface area (Å²) in [6, 6.07) is 15.4. The molecule has 4 heterocycles. The summed E-state index contributed by atoms with van der Waals surface area (Å²) < 4.78 is 13.0. The van der Waals surface area contributed by atoms with Gasteiger partial charge in [-0.25, -0.2) is 4.98 Å². The topological polar surface area (TPSA) is 97.3 Å². The van der Waals surface area contributed by atoms with Gasteiger partial charge in [0.1, 0.15) is 22.9 Å². The van der Waals surface area contributed by atoms with Crippen molar-refractivity contribution in [2.45, 2.75) is 32.9 Å². The fraction of sp³-hybridized carbons (Fsp3) is 0.222. The Morgan fingerprint density at radius 3 is 2.77 bits per heavy atom. The van der Waals surface area contributed by atoms with Crippen molar-refractivity contribution in [3.8, 4) is 5.75 Å². The van der Waals surface area contributed by atoms with Gasteiger partial charge in [0, 0.05) is 6.20 Å². The van der Waals surface area contributed by atoms with Crippen LogP contribution >= 0.6 is 0 Å². The molecule has 8 nitrogen and oxygen atoms in total. The summed E-state index contributed by atoms with van der Waals surface area (Å²) in [7, 11) is 0. The first-order chi connectivity index (χ1) is 17.0. The minimum Gasteiger partial charge on any atom is -0.505 e. The molecule has 1 atom stereocenters. The van der Waals surface area contributed by atoms with Gasteiger partial charge in [0.2, 0.25) is 0 Å². The predicted molar refractivity (Wildman–Crippen MR) is 129 cm³/mol. The number of fused-ring (bicyclic) bond motifs is 1. The number of furan rings is 1. The molecule has 3 aromatic heterocycles. The van der Waals surface area contributed by atoms with Gasteiger partial charge in [0.05, 0.1) is 36.7 Å². The number of amides is 1. The molecular formula is C27H25N3O5. The number of aliphatic hydroxyl groups is 1. The average molecular weight is 472 g/mol. The lowest BCUT2D eigenvalue weighted by molar-refractivity contribution is -0.140. The number of Topliss-reactive ketones (excluding diaryl/α,β-unsaturated/α-hetero) is 1. The first kappa shape index (κ1) is 22.5. The van der Waals surface area contributed by atoms with Gasteiger partial charge in [-0.3, -0.25) is 14.0 Å². The maximum Gasteiger partial charge on any atom is 0.296 e. The van der Waals surface area contributed by atoms with Crippen molar-refractivity contribution in [1.29, 1.82) is 0 Å². The molecule has 1 N–H and O–H groups in total. The van der Waals surface area contributed by atoms with Crippen LogP contribution in [0.3, 0.4) is 0 Å². The van der Waals surface area contributed by atoms with E-state index in [0.717, 1.165) is 6.42 Å². The number of aryl methyl sites for hydroxylation is 1. The van der Waals surface area contributed by atoms with E-state index in [1.165, 1.54) is 11.2 Å². The van der Waals surface area contributed by atoms with Gasteiger partial charge < -0.3 is 19.2 Å². The summed E-state index contributed by atoms with van der Waals surface area (Å²) in [6.07, 6.45) is 4.12. The Kier molecular flexibility index (Phi) is 5.86. The Balaban J connectivity index is 1.69. The predicted octanol–water partition coefficient (Wildman–Crippen LogP) is 4.65. The minimum absolute atomic E-state index is 0.00273. The molecule has 0 radical (unpaired) electrons. The van der Waals surface area contributed by atoms with Gasteiger partial charge in [-0.2, -0.15) is 0 Å². The molecule has 5 rings (SSSR count). The standard InChI is InChI=1S/C27H25N3O5/c1-3-13-34-19-9-6-8-18(15-19)24-22(26(32)27(33)30(24)16-20-10-7-14-35-20)25(31)23-17(2)28-21-11-4-5-12-29(21)23/h4-12,14-15,24,31H,3,13,16H2,1-2H3. The Morgan fingerprint density at radius 1 is 1.14 bits per heavy atom. The molecule has 1 saturated heterocycles. The number of imidazole rings is 1. The number of likely N-dealkylation sites (tertiary alicyclic amines) is 1. The van der Waals surface area contributed by atoms with Crippen molar-refractivity contribution in [2.75, 3.05) is 6.61 Å². The second kappa shape index (κ2) is 9.13. The molecule has 0 bridgehead atoms. The van der Waals surface area contributed by atoms with E-state index >= 15 is 0 Å². The van der Waals surface area contributed by atoms with Crippen LogP contribution in [0, 0.1) is 6.92 Å². The van der Waals surface area contributed by atoms with Gasteiger partial charge in [-0.1, -0.05) is 25.1 Å². The highest BCUT2D eigenvalue weighted by molar-refractivity contribution is 6.46. The van der Waals surface area contributed by atoms with Crippen LogP contribution in [-0.2, 0) is 16.1 Å². The van der Waals surface area contributed by atoms with Crippen molar-refractivity contribution in [2.24, 2.45) is 0 Å². The maximum atomic E-state index is 13.4. The number of aliphatic hydroxyl groups excluding tert-OH is 1. The smallest absolute Gasteiger partial charge is 0.296 e. The second-order valence-electron chi connectivity index (χ2n) is 8.40. The van der Waals surface area contributed by atoms with Gasteiger partial charge in [0.25, 0.3) is 11.7 Å². The third kappa shape index (κ3) is 3.97. The van der Waals surface area contributed by atoms with E-state index in [-0.39, 0.29) is 17.9 Å². The lowest BCUT2D eigenvalue weighted by Gasteiger charge is -2.25. The molecule has 0 aliphatic carbocycles. The number of carbonyl (C=O) groups excluding carboxylic acids is 2. The van der Waals surface area contributed by atoms with Crippen molar-refractivity contribution >= 4 is 23.1 Å². The molecule has 0 spiro atoms. The third-order valence-electron chi connectivity index (χ3n) is 6.02. The zero-order valence-corrected chi connectivity index (χ0v) is 19.5. The molecule has 35 heavy (non-hydrogen) atoms. The number of nitrogens with zero attached hydrogens (tertiary/aromatic N) is 3. The van der Waals surface area contributed by atoms with E-state index in [1.54, 1.807) is 35.7 Å². The molecule has 8 heteroatoms. The van der Waals surface area contributed by atoms with Gasteiger partial charge in [0.15, 0.2) is 5.76 Å². The van der Waals surface area contributed by atoms with E-state index in [1.807, 2.05) is 43.3 Å². The molecule has 1 aliphatic rings. The summed E-state index contributed by atoms with van der Waals surface area (Å²) in [6.45, 7) is 4.39. The van der Waals surface area contributed by atoms with Crippen LogP contribution in [0.5, 0.6) is 5.75 Å². The lowest BCUT2D eigenvalue weighted by Crippen LogP contribution is -2.29. The highest BCUT2D eigenvalue weighted by Crippen LogP contribution is 2.41. The second-order valence-corrected chi connectivity index (χ2v) is 8.40. The van der Waals surface area contributed by atoms with Crippen molar-refractivity contribution < 1.29 is 23.8 Å². The molecule has 1 fully saturated rings. The number of ketones is 1. The van der Waals surface area contributed by atoms with Gasteiger partial charge in [-0.15, -0.1) is 0 Å². The highest BCUT2D eigenvalue weighted by Gasteiger charge is 2.47. The van der Waals surface area contributed by atoms with E-state index in [2.05, 4.69) is 4.98 Å². The van der Waals surface area contributed by atoms with Crippen molar-refractivity contribution in [1.82, 2.24) is 14.3 Å². The molecule has 1 amide bonds. The molecule has 0 saturated carbocycles. The number of hydrogen-bond acceptors (Lipinski definition) is 6. The molecule has 1 aromatic carbocycles. The molecular weight excluding hydrogens is 446 g/mol. The Bertz CT molecular complexity index is 1430. The Hall–Kier alpha value is -4.33.